The van der Waals surface area contributed by atoms with Crippen molar-refractivity contribution in [1.82, 2.24) is 24.6 Å². The molecular formula is C27H33BN6O2. The van der Waals surface area contributed by atoms with Crippen molar-refractivity contribution in [2.75, 3.05) is 39.4 Å². The number of aromatic nitrogens is 2. The van der Waals surface area contributed by atoms with Crippen LogP contribution in [0.4, 0.5) is 0 Å². The number of ether oxygens (including phenoxy) is 1. The molecule has 1 aromatic carbocycles. The molecule has 3 aromatic rings. The van der Waals surface area contributed by atoms with Gasteiger partial charge in [0.2, 0.25) is 0 Å². The SMILES string of the molecule is BN1CCOCC1c1cc(-c2cnc3[nH]cc(C)c3c2)cc2c1CN(C(=C)N1CCC(N=O)C1)CC2. The highest BCUT2D eigenvalue weighted by molar-refractivity contribution is 6.04. The first-order chi connectivity index (χ1) is 17.5. The van der Waals surface area contributed by atoms with Gasteiger partial charge < -0.3 is 24.3 Å². The third-order valence-corrected chi connectivity index (χ3v) is 8.25. The van der Waals surface area contributed by atoms with Gasteiger partial charge in [-0.15, -0.1) is 0 Å². The fourth-order valence-corrected chi connectivity index (χ4v) is 5.95. The third kappa shape index (κ3) is 4.10. The Labute approximate surface area is 212 Å². The number of morpholine rings is 1. The molecule has 0 bridgehead atoms. The maximum atomic E-state index is 11.0. The molecule has 6 rings (SSSR count). The van der Waals surface area contributed by atoms with Gasteiger partial charge in [-0.05, 0) is 59.7 Å². The number of nitroso groups, excluding NO2 is 1. The number of hydrogen-bond acceptors (Lipinski definition) is 7. The van der Waals surface area contributed by atoms with Crippen LogP contribution in [0.15, 0.2) is 48.2 Å². The number of H-pyrrole nitrogens is 1. The molecule has 2 fully saturated rings. The molecule has 186 valence electrons. The van der Waals surface area contributed by atoms with Crippen molar-refractivity contribution in [2.45, 2.75) is 38.4 Å². The zero-order valence-electron chi connectivity index (χ0n) is 21.2. The van der Waals surface area contributed by atoms with Crippen LogP contribution in [0.1, 0.15) is 34.7 Å². The van der Waals surface area contributed by atoms with Crippen LogP contribution in [-0.4, -0.2) is 78.0 Å². The van der Waals surface area contributed by atoms with E-state index in [2.05, 4.69) is 64.5 Å². The predicted octanol–water partition coefficient (Wildman–Crippen LogP) is 3.13. The number of rotatable bonds is 5. The number of benzene rings is 1. The van der Waals surface area contributed by atoms with Gasteiger partial charge in [0.1, 0.15) is 11.7 Å². The van der Waals surface area contributed by atoms with E-state index < -0.39 is 0 Å². The van der Waals surface area contributed by atoms with E-state index in [-0.39, 0.29) is 12.1 Å². The molecule has 1 N–H and O–H groups in total. The first kappa shape index (κ1) is 23.2. The number of hydrogen-bond donors (Lipinski definition) is 1. The van der Waals surface area contributed by atoms with Crippen LogP contribution in [0.2, 0.25) is 0 Å². The van der Waals surface area contributed by atoms with Crippen molar-refractivity contribution in [1.29, 1.82) is 0 Å². The lowest BCUT2D eigenvalue weighted by atomic mass is 9.86. The molecule has 0 radical (unpaired) electrons. The molecule has 3 aliphatic heterocycles. The van der Waals surface area contributed by atoms with Gasteiger partial charge in [-0.1, -0.05) is 17.8 Å². The molecule has 0 saturated carbocycles. The Morgan fingerprint density at radius 1 is 1.22 bits per heavy atom. The number of nitrogens with zero attached hydrogens (tertiary/aromatic N) is 5. The minimum atomic E-state index is -0.125. The second-order valence-electron chi connectivity index (χ2n) is 10.4. The van der Waals surface area contributed by atoms with Crippen LogP contribution in [0.25, 0.3) is 22.2 Å². The number of likely N-dealkylation sites (tertiary alicyclic amines) is 1. The maximum absolute atomic E-state index is 11.0. The van der Waals surface area contributed by atoms with E-state index in [0.29, 0.717) is 13.2 Å². The molecular weight excluding hydrogens is 451 g/mol. The molecule has 2 unspecified atom stereocenters. The largest absolute Gasteiger partial charge is 0.378 e. The number of nitrogens with one attached hydrogen (secondary N) is 1. The summed E-state index contributed by atoms with van der Waals surface area (Å²) in [5, 5.41) is 4.43. The lowest BCUT2D eigenvalue weighted by Gasteiger charge is -2.40. The normalized spacial score (nSPS) is 22.7. The monoisotopic (exact) mass is 484 g/mol. The molecule has 0 spiro atoms. The van der Waals surface area contributed by atoms with Crippen molar-refractivity contribution in [3.8, 4) is 11.1 Å². The molecule has 9 heteroatoms. The van der Waals surface area contributed by atoms with Gasteiger partial charge >= 0.3 is 0 Å². The van der Waals surface area contributed by atoms with E-state index in [0.717, 1.165) is 62.7 Å². The number of fused-ring (bicyclic) bond motifs is 2. The molecule has 2 saturated heterocycles. The van der Waals surface area contributed by atoms with Crippen molar-refractivity contribution >= 4 is 19.0 Å². The van der Waals surface area contributed by atoms with Crippen LogP contribution in [0.3, 0.4) is 0 Å². The van der Waals surface area contributed by atoms with Crippen molar-refractivity contribution in [3.63, 3.8) is 0 Å². The molecule has 0 amide bonds. The molecule has 2 atom stereocenters. The summed E-state index contributed by atoms with van der Waals surface area (Å²) in [5.74, 6) is 1.01. The second kappa shape index (κ2) is 9.37. The quantitative estimate of drug-likeness (QED) is 0.443. The molecule has 36 heavy (non-hydrogen) atoms. The van der Waals surface area contributed by atoms with Gasteiger partial charge in [0.25, 0.3) is 0 Å². The second-order valence-corrected chi connectivity index (χ2v) is 10.4. The van der Waals surface area contributed by atoms with E-state index in [1.165, 1.54) is 33.2 Å². The lowest BCUT2D eigenvalue weighted by Crippen LogP contribution is -2.41. The van der Waals surface area contributed by atoms with Crippen molar-refractivity contribution in [2.24, 2.45) is 5.18 Å². The van der Waals surface area contributed by atoms with E-state index in [1.807, 2.05) is 12.4 Å². The van der Waals surface area contributed by atoms with Crippen LogP contribution in [0, 0.1) is 11.8 Å². The third-order valence-electron chi connectivity index (χ3n) is 8.25. The number of aromatic amines is 1. The van der Waals surface area contributed by atoms with Crippen LogP contribution < -0.4 is 0 Å². The van der Waals surface area contributed by atoms with Crippen LogP contribution in [0.5, 0.6) is 0 Å². The zero-order valence-corrected chi connectivity index (χ0v) is 21.2. The molecule has 3 aliphatic rings. The maximum Gasteiger partial charge on any atom is 0.186 e. The standard InChI is InChI=1S/C27H33BN6O2/c1-17-12-29-27-23(17)11-21(13-30-27)20-9-19-3-5-33(18(2)32-6-4-22(14-32)31-35)15-25(19)24(10-20)26-16-36-8-7-34(26)28/h9-13,22,26H,2-8,14-16,28H2,1H3,(H,29,30). The summed E-state index contributed by atoms with van der Waals surface area (Å²) in [4.78, 5) is 26.0. The topological polar surface area (TPSA) is 77.1 Å². The number of pyridine rings is 1. The Hall–Kier alpha value is -3.17. The highest BCUT2D eigenvalue weighted by Crippen LogP contribution is 2.37. The zero-order chi connectivity index (χ0) is 24.8. The Morgan fingerprint density at radius 2 is 2.11 bits per heavy atom. The summed E-state index contributed by atoms with van der Waals surface area (Å²) in [5.41, 5.74) is 8.60. The van der Waals surface area contributed by atoms with Gasteiger partial charge in [-0.2, -0.15) is 4.91 Å². The fraction of sp³-hybridized carbons (Fsp3) is 0.444. The van der Waals surface area contributed by atoms with E-state index in [1.54, 1.807) is 0 Å². The van der Waals surface area contributed by atoms with Crippen molar-refractivity contribution in [3.05, 3.63) is 70.2 Å². The Bertz CT molecular complexity index is 1320. The Kier molecular flexibility index (Phi) is 6.05. The summed E-state index contributed by atoms with van der Waals surface area (Å²) in [6.07, 6.45) is 5.76. The van der Waals surface area contributed by atoms with Gasteiger partial charge in [0.15, 0.2) is 7.98 Å². The minimum Gasteiger partial charge on any atom is -0.378 e. The molecule has 8 nitrogen and oxygen atoms in total. The summed E-state index contributed by atoms with van der Waals surface area (Å²) in [7, 11) is 2.19. The van der Waals surface area contributed by atoms with Gasteiger partial charge in [-0.25, -0.2) is 4.98 Å². The molecule has 5 heterocycles. The number of aryl methyl sites for hydroxylation is 1. The average molecular weight is 484 g/mol. The van der Waals surface area contributed by atoms with E-state index >= 15 is 0 Å². The van der Waals surface area contributed by atoms with Crippen molar-refractivity contribution < 1.29 is 4.74 Å². The fourth-order valence-electron chi connectivity index (χ4n) is 5.95. The molecule has 0 aliphatic carbocycles. The summed E-state index contributed by atoms with van der Waals surface area (Å²) in [6.45, 7) is 12.2. The molecule has 2 aromatic heterocycles. The van der Waals surface area contributed by atoms with E-state index in [9.17, 15) is 4.91 Å². The van der Waals surface area contributed by atoms with Gasteiger partial charge in [0.05, 0.1) is 19.0 Å². The summed E-state index contributed by atoms with van der Waals surface area (Å²) in [6, 6.07) is 7.05. The Balaban J connectivity index is 1.37. The van der Waals surface area contributed by atoms with Crippen LogP contribution >= 0.6 is 0 Å². The summed E-state index contributed by atoms with van der Waals surface area (Å²) < 4.78 is 5.95. The average Bonchev–Trinajstić information content (AvgIpc) is 3.54. The smallest absolute Gasteiger partial charge is 0.186 e. The minimum absolute atomic E-state index is 0.125. The van der Waals surface area contributed by atoms with Gasteiger partial charge in [0, 0.05) is 62.1 Å². The van der Waals surface area contributed by atoms with Crippen LogP contribution in [-0.2, 0) is 17.7 Å². The highest BCUT2D eigenvalue weighted by Gasteiger charge is 2.31. The Morgan fingerprint density at radius 3 is 2.92 bits per heavy atom. The highest BCUT2D eigenvalue weighted by atomic mass is 16.5. The first-order valence-electron chi connectivity index (χ1n) is 12.9. The van der Waals surface area contributed by atoms with E-state index in [4.69, 9.17) is 9.72 Å². The van der Waals surface area contributed by atoms with Gasteiger partial charge in [-0.3, -0.25) is 0 Å². The predicted molar refractivity (Wildman–Crippen MR) is 144 cm³/mol. The lowest BCUT2D eigenvalue weighted by molar-refractivity contribution is 0.0321. The first-order valence-corrected chi connectivity index (χ1v) is 12.9. The summed E-state index contributed by atoms with van der Waals surface area (Å²) >= 11 is 0.